The van der Waals surface area contributed by atoms with E-state index in [2.05, 4.69) is 15.6 Å². The predicted molar refractivity (Wildman–Crippen MR) is 88.3 cm³/mol. The van der Waals surface area contributed by atoms with Crippen molar-refractivity contribution in [1.29, 1.82) is 0 Å². The van der Waals surface area contributed by atoms with Gasteiger partial charge in [0.05, 0.1) is 11.9 Å². The Bertz CT molecular complexity index is 787. The molecule has 114 valence electrons. The van der Waals surface area contributed by atoms with Gasteiger partial charge >= 0.3 is 0 Å². The minimum absolute atomic E-state index is 0.211. The normalized spacial score (nSPS) is 10.1. The van der Waals surface area contributed by atoms with Crippen LogP contribution in [0.4, 0.5) is 21.6 Å². The van der Waals surface area contributed by atoms with Gasteiger partial charge in [0.1, 0.15) is 11.6 Å². The summed E-state index contributed by atoms with van der Waals surface area (Å²) < 4.78 is 12.9. The summed E-state index contributed by atoms with van der Waals surface area (Å²) in [6, 6.07) is 18.5. The molecule has 0 fully saturated rings. The van der Waals surface area contributed by atoms with Crippen molar-refractivity contribution in [1.82, 2.24) is 4.98 Å². The molecule has 5 heteroatoms. The second-order valence-corrected chi connectivity index (χ2v) is 4.88. The number of anilines is 3. The standard InChI is InChI=1S/C18H14FN3O/c19-14-6-8-15(9-7-14)21-16-10-11-17(20-12-16)22-18(23)13-4-2-1-3-5-13/h1-12,21H,(H,20,22,23). The first-order valence-electron chi connectivity index (χ1n) is 7.06. The van der Waals surface area contributed by atoms with Crippen molar-refractivity contribution < 1.29 is 9.18 Å². The van der Waals surface area contributed by atoms with E-state index in [1.807, 2.05) is 6.07 Å². The number of carbonyl (C=O) groups excluding carboxylic acids is 1. The molecule has 2 aromatic carbocycles. The summed E-state index contributed by atoms with van der Waals surface area (Å²) in [6.07, 6.45) is 1.60. The molecule has 0 aliphatic rings. The zero-order valence-corrected chi connectivity index (χ0v) is 12.2. The Morgan fingerprint density at radius 3 is 2.22 bits per heavy atom. The number of nitrogens with one attached hydrogen (secondary N) is 2. The van der Waals surface area contributed by atoms with Gasteiger partial charge in [0.25, 0.3) is 5.91 Å². The number of benzene rings is 2. The number of carbonyl (C=O) groups is 1. The molecular weight excluding hydrogens is 293 g/mol. The lowest BCUT2D eigenvalue weighted by molar-refractivity contribution is 0.102. The van der Waals surface area contributed by atoms with Crippen LogP contribution in [0.1, 0.15) is 10.4 Å². The van der Waals surface area contributed by atoms with Crippen LogP contribution in [0, 0.1) is 5.82 Å². The van der Waals surface area contributed by atoms with Crippen LogP contribution >= 0.6 is 0 Å². The fraction of sp³-hybridized carbons (Fsp3) is 0. The van der Waals surface area contributed by atoms with Gasteiger partial charge in [-0.1, -0.05) is 18.2 Å². The molecule has 0 bridgehead atoms. The summed E-state index contributed by atoms with van der Waals surface area (Å²) >= 11 is 0. The molecular formula is C18H14FN3O. The van der Waals surface area contributed by atoms with E-state index < -0.39 is 0 Å². The fourth-order valence-electron chi connectivity index (χ4n) is 2.02. The maximum atomic E-state index is 12.9. The van der Waals surface area contributed by atoms with Crippen LogP contribution in [0.2, 0.25) is 0 Å². The van der Waals surface area contributed by atoms with Gasteiger partial charge in [-0.25, -0.2) is 9.37 Å². The molecule has 0 radical (unpaired) electrons. The Hall–Kier alpha value is -3.21. The highest BCUT2D eigenvalue weighted by Crippen LogP contribution is 2.17. The third-order valence-electron chi connectivity index (χ3n) is 3.17. The molecule has 2 N–H and O–H groups in total. The zero-order chi connectivity index (χ0) is 16.1. The molecule has 3 rings (SSSR count). The average molecular weight is 307 g/mol. The lowest BCUT2D eigenvalue weighted by atomic mass is 10.2. The van der Waals surface area contributed by atoms with Crippen molar-refractivity contribution in [2.45, 2.75) is 0 Å². The molecule has 0 spiro atoms. The maximum Gasteiger partial charge on any atom is 0.256 e. The van der Waals surface area contributed by atoms with E-state index in [4.69, 9.17) is 0 Å². The topological polar surface area (TPSA) is 54.0 Å². The molecule has 0 aliphatic carbocycles. The zero-order valence-electron chi connectivity index (χ0n) is 12.2. The number of rotatable bonds is 4. The molecule has 23 heavy (non-hydrogen) atoms. The van der Waals surface area contributed by atoms with Crippen molar-refractivity contribution in [2.24, 2.45) is 0 Å². The van der Waals surface area contributed by atoms with Gasteiger partial charge in [-0.15, -0.1) is 0 Å². The quantitative estimate of drug-likeness (QED) is 0.759. The van der Waals surface area contributed by atoms with Gasteiger partial charge in [0.15, 0.2) is 0 Å². The Morgan fingerprint density at radius 2 is 1.57 bits per heavy atom. The van der Waals surface area contributed by atoms with Gasteiger partial charge in [0, 0.05) is 11.3 Å². The van der Waals surface area contributed by atoms with Gasteiger partial charge in [-0.05, 0) is 48.5 Å². The summed E-state index contributed by atoms with van der Waals surface area (Å²) in [5, 5.41) is 5.83. The first kappa shape index (κ1) is 14.7. The molecule has 4 nitrogen and oxygen atoms in total. The van der Waals surface area contributed by atoms with Crippen molar-refractivity contribution in [3.8, 4) is 0 Å². The monoisotopic (exact) mass is 307 g/mol. The lowest BCUT2D eigenvalue weighted by Crippen LogP contribution is -2.12. The Labute approximate surface area is 133 Å². The molecule has 0 unspecified atom stereocenters. The predicted octanol–water partition coefficient (Wildman–Crippen LogP) is 4.22. The minimum Gasteiger partial charge on any atom is -0.354 e. The first-order valence-corrected chi connectivity index (χ1v) is 7.06. The summed E-state index contributed by atoms with van der Waals surface area (Å²) in [5.41, 5.74) is 2.08. The van der Waals surface area contributed by atoms with Crippen LogP contribution in [0.3, 0.4) is 0 Å². The Morgan fingerprint density at radius 1 is 0.870 bits per heavy atom. The smallest absolute Gasteiger partial charge is 0.256 e. The highest BCUT2D eigenvalue weighted by molar-refractivity contribution is 6.03. The number of hydrogen-bond acceptors (Lipinski definition) is 3. The van der Waals surface area contributed by atoms with E-state index >= 15 is 0 Å². The highest BCUT2D eigenvalue weighted by atomic mass is 19.1. The SMILES string of the molecule is O=C(Nc1ccc(Nc2ccc(F)cc2)cn1)c1ccccc1. The van der Waals surface area contributed by atoms with Gasteiger partial charge < -0.3 is 10.6 Å². The summed E-state index contributed by atoms with van der Waals surface area (Å²) in [5.74, 6) is -0.0338. The first-order chi connectivity index (χ1) is 11.2. The molecule has 0 aliphatic heterocycles. The lowest BCUT2D eigenvalue weighted by Gasteiger charge is -2.08. The van der Waals surface area contributed by atoms with Crippen molar-refractivity contribution in [2.75, 3.05) is 10.6 Å². The minimum atomic E-state index is -0.285. The van der Waals surface area contributed by atoms with Crippen LogP contribution in [0.5, 0.6) is 0 Å². The molecule has 3 aromatic rings. The molecule has 1 heterocycles. The fourth-order valence-corrected chi connectivity index (χ4v) is 2.02. The van der Waals surface area contributed by atoms with Crippen LogP contribution in [0.25, 0.3) is 0 Å². The maximum absolute atomic E-state index is 12.9. The van der Waals surface area contributed by atoms with Gasteiger partial charge in [-0.3, -0.25) is 4.79 Å². The van der Waals surface area contributed by atoms with E-state index in [1.165, 1.54) is 12.1 Å². The summed E-state index contributed by atoms with van der Waals surface area (Å²) in [6.45, 7) is 0. The number of pyridine rings is 1. The van der Waals surface area contributed by atoms with Gasteiger partial charge in [-0.2, -0.15) is 0 Å². The number of nitrogens with zero attached hydrogens (tertiary/aromatic N) is 1. The number of amides is 1. The van der Waals surface area contributed by atoms with Crippen LogP contribution < -0.4 is 10.6 Å². The van der Waals surface area contributed by atoms with Crippen LogP contribution in [-0.2, 0) is 0 Å². The van der Waals surface area contributed by atoms with Crippen molar-refractivity contribution in [3.63, 3.8) is 0 Å². The van der Waals surface area contributed by atoms with Gasteiger partial charge in [0.2, 0.25) is 0 Å². The average Bonchev–Trinajstić information content (AvgIpc) is 2.59. The Kier molecular flexibility index (Phi) is 4.29. The summed E-state index contributed by atoms with van der Waals surface area (Å²) in [7, 11) is 0. The molecule has 0 saturated carbocycles. The van der Waals surface area contributed by atoms with E-state index in [-0.39, 0.29) is 11.7 Å². The molecule has 0 saturated heterocycles. The second-order valence-electron chi connectivity index (χ2n) is 4.88. The highest BCUT2D eigenvalue weighted by Gasteiger charge is 2.05. The number of halogens is 1. The molecule has 1 aromatic heterocycles. The number of hydrogen-bond donors (Lipinski definition) is 2. The largest absolute Gasteiger partial charge is 0.354 e. The van der Waals surface area contributed by atoms with E-state index in [0.717, 1.165) is 11.4 Å². The summed E-state index contributed by atoms with van der Waals surface area (Å²) in [4.78, 5) is 16.2. The third kappa shape index (κ3) is 3.91. The van der Waals surface area contributed by atoms with E-state index in [0.29, 0.717) is 11.4 Å². The number of aromatic nitrogens is 1. The second kappa shape index (κ2) is 6.70. The third-order valence-corrected chi connectivity index (χ3v) is 3.17. The van der Waals surface area contributed by atoms with E-state index in [1.54, 1.807) is 54.7 Å². The molecule has 1 amide bonds. The van der Waals surface area contributed by atoms with E-state index in [9.17, 15) is 9.18 Å². The molecule has 0 atom stereocenters. The Balaban J connectivity index is 1.65. The van der Waals surface area contributed by atoms with Crippen molar-refractivity contribution in [3.05, 3.63) is 84.3 Å². The van der Waals surface area contributed by atoms with Crippen LogP contribution in [-0.4, -0.2) is 10.9 Å². The van der Waals surface area contributed by atoms with Crippen LogP contribution in [0.15, 0.2) is 72.9 Å². The van der Waals surface area contributed by atoms with Crippen molar-refractivity contribution >= 4 is 23.1 Å².